The minimum Gasteiger partial charge on any atom is -0.490 e. The molecule has 4 heteroatoms. The van der Waals surface area contributed by atoms with Crippen molar-refractivity contribution in [2.75, 3.05) is 25.6 Å². The lowest BCUT2D eigenvalue weighted by Gasteiger charge is -2.17. The third-order valence-electron chi connectivity index (χ3n) is 6.00. The molecule has 0 amide bonds. The molecule has 0 radical (unpaired) electrons. The van der Waals surface area contributed by atoms with Gasteiger partial charge >= 0.3 is 0 Å². The van der Waals surface area contributed by atoms with Crippen LogP contribution in [0.3, 0.4) is 0 Å². The topological polar surface area (TPSA) is 38.2 Å². The molecule has 1 aromatic heterocycles. The number of rotatable bonds is 20. The predicted molar refractivity (Wildman–Crippen MR) is 136 cm³/mol. The zero-order chi connectivity index (χ0) is 22.7. The highest BCUT2D eigenvalue weighted by Gasteiger charge is 2.14. The Kier molecular flexibility index (Phi) is 16.3. The molecule has 0 saturated heterocycles. The first-order valence-corrected chi connectivity index (χ1v) is 13.3. The minimum absolute atomic E-state index is 0.758. The highest BCUT2D eigenvalue weighted by Crippen LogP contribution is 2.25. The second kappa shape index (κ2) is 18.3. The van der Waals surface area contributed by atoms with E-state index >= 15 is 0 Å². The lowest BCUT2D eigenvalue weighted by molar-refractivity contribution is 0.300. The van der Waals surface area contributed by atoms with Gasteiger partial charge in [-0.25, -0.2) is 9.97 Å². The molecule has 0 fully saturated rings. The predicted octanol–water partition coefficient (Wildman–Crippen LogP) is 8.05. The SMILES string of the molecule is CCCCCCCCCCCCCCCCc1nc(N(C)C)nc(C)c1OCCCC. The minimum atomic E-state index is 0.758. The molecule has 0 aliphatic heterocycles. The molecule has 0 spiro atoms. The van der Waals surface area contributed by atoms with E-state index in [1.165, 1.54) is 89.9 Å². The van der Waals surface area contributed by atoms with E-state index in [0.29, 0.717) is 0 Å². The second-order valence-electron chi connectivity index (χ2n) is 9.33. The van der Waals surface area contributed by atoms with Crippen LogP contribution in [0.4, 0.5) is 5.95 Å². The molecular weight excluding hydrogens is 382 g/mol. The van der Waals surface area contributed by atoms with Crippen molar-refractivity contribution in [3.63, 3.8) is 0 Å². The summed E-state index contributed by atoms with van der Waals surface area (Å²) >= 11 is 0. The Balaban J connectivity index is 2.21. The zero-order valence-corrected chi connectivity index (χ0v) is 21.5. The van der Waals surface area contributed by atoms with Crippen molar-refractivity contribution in [2.24, 2.45) is 0 Å². The second-order valence-corrected chi connectivity index (χ2v) is 9.33. The average molecular weight is 434 g/mol. The van der Waals surface area contributed by atoms with E-state index in [4.69, 9.17) is 9.72 Å². The Bertz CT molecular complexity index is 560. The zero-order valence-electron chi connectivity index (χ0n) is 21.5. The van der Waals surface area contributed by atoms with Gasteiger partial charge in [-0.2, -0.15) is 0 Å². The molecular formula is C27H51N3O. The number of hydrogen-bond acceptors (Lipinski definition) is 4. The summed E-state index contributed by atoms with van der Waals surface area (Å²) in [5.74, 6) is 1.72. The molecule has 180 valence electrons. The van der Waals surface area contributed by atoms with Crippen molar-refractivity contribution in [2.45, 2.75) is 130 Å². The molecule has 0 bridgehead atoms. The monoisotopic (exact) mass is 433 g/mol. The number of aromatic nitrogens is 2. The van der Waals surface area contributed by atoms with Gasteiger partial charge in [0.1, 0.15) is 0 Å². The van der Waals surface area contributed by atoms with Crippen LogP contribution in [0.2, 0.25) is 0 Å². The molecule has 4 nitrogen and oxygen atoms in total. The molecule has 0 aliphatic carbocycles. The van der Waals surface area contributed by atoms with Gasteiger partial charge in [-0.05, 0) is 26.2 Å². The van der Waals surface area contributed by atoms with Crippen LogP contribution in [0.15, 0.2) is 0 Å². The summed E-state index contributed by atoms with van der Waals surface area (Å²) in [5, 5.41) is 0. The summed E-state index contributed by atoms with van der Waals surface area (Å²) in [4.78, 5) is 11.4. The molecule has 0 atom stereocenters. The van der Waals surface area contributed by atoms with Crippen molar-refractivity contribution >= 4 is 5.95 Å². The molecule has 0 aliphatic rings. The van der Waals surface area contributed by atoms with Crippen LogP contribution in [0.5, 0.6) is 5.75 Å². The van der Waals surface area contributed by atoms with Gasteiger partial charge in [-0.3, -0.25) is 0 Å². The molecule has 1 heterocycles. The van der Waals surface area contributed by atoms with Crippen molar-refractivity contribution in [1.29, 1.82) is 0 Å². The number of anilines is 1. The lowest BCUT2D eigenvalue weighted by Crippen LogP contribution is -2.16. The van der Waals surface area contributed by atoms with Crippen LogP contribution in [0.25, 0.3) is 0 Å². The molecule has 0 unspecified atom stereocenters. The molecule has 0 saturated carbocycles. The van der Waals surface area contributed by atoms with Gasteiger partial charge in [0.05, 0.1) is 18.0 Å². The molecule has 1 rings (SSSR count). The highest BCUT2D eigenvalue weighted by molar-refractivity contribution is 5.40. The molecule has 0 aromatic carbocycles. The van der Waals surface area contributed by atoms with E-state index in [-0.39, 0.29) is 0 Å². The Hall–Kier alpha value is -1.32. The van der Waals surface area contributed by atoms with Gasteiger partial charge in [0.2, 0.25) is 5.95 Å². The number of unbranched alkanes of at least 4 members (excludes halogenated alkanes) is 14. The van der Waals surface area contributed by atoms with Gasteiger partial charge in [-0.15, -0.1) is 0 Å². The van der Waals surface area contributed by atoms with Crippen LogP contribution < -0.4 is 9.64 Å². The van der Waals surface area contributed by atoms with Gasteiger partial charge < -0.3 is 9.64 Å². The number of ether oxygens (including phenoxy) is 1. The Morgan fingerprint density at radius 3 is 1.61 bits per heavy atom. The van der Waals surface area contributed by atoms with Gasteiger partial charge in [0.15, 0.2) is 5.75 Å². The summed E-state index contributed by atoms with van der Waals surface area (Å²) in [7, 11) is 4.01. The third-order valence-corrected chi connectivity index (χ3v) is 6.00. The largest absolute Gasteiger partial charge is 0.490 e. The summed E-state index contributed by atoms with van der Waals surface area (Å²) in [5.41, 5.74) is 2.06. The van der Waals surface area contributed by atoms with Gasteiger partial charge in [0, 0.05) is 14.1 Å². The maximum absolute atomic E-state index is 6.07. The maximum atomic E-state index is 6.07. The Morgan fingerprint density at radius 1 is 0.645 bits per heavy atom. The van der Waals surface area contributed by atoms with E-state index in [9.17, 15) is 0 Å². The van der Waals surface area contributed by atoms with Crippen LogP contribution in [-0.2, 0) is 6.42 Å². The van der Waals surface area contributed by atoms with Crippen LogP contribution in [0, 0.1) is 6.92 Å². The molecule has 0 N–H and O–H groups in total. The average Bonchev–Trinajstić information content (AvgIpc) is 2.75. The Morgan fingerprint density at radius 2 is 1.13 bits per heavy atom. The summed E-state index contributed by atoms with van der Waals surface area (Å²) in [6.45, 7) is 7.29. The van der Waals surface area contributed by atoms with E-state index < -0.39 is 0 Å². The smallest absolute Gasteiger partial charge is 0.225 e. The normalized spacial score (nSPS) is 11.1. The summed E-state index contributed by atoms with van der Waals surface area (Å²) < 4.78 is 6.07. The third kappa shape index (κ3) is 13.0. The van der Waals surface area contributed by atoms with Gasteiger partial charge in [0.25, 0.3) is 0 Å². The lowest BCUT2D eigenvalue weighted by atomic mass is 10.0. The highest BCUT2D eigenvalue weighted by atomic mass is 16.5. The first-order valence-electron chi connectivity index (χ1n) is 13.3. The van der Waals surface area contributed by atoms with Crippen LogP contribution in [0.1, 0.15) is 128 Å². The number of nitrogens with zero attached hydrogens (tertiary/aromatic N) is 3. The summed E-state index contributed by atoms with van der Waals surface area (Å²) in [6, 6.07) is 0. The molecule has 31 heavy (non-hydrogen) atoms. The van der Waals surface area contributed by atoms with Gasteiger partial charge in [-0.1, -0.05) is 104 Å². The quantitative estimate of drug-likeness (QED) is 0.195. The first kappa shape index (κ1) is 27.7. The van der Waals surface area contributed by atoms with Crippen molar-refractivity contribution < 1.29 is 4.74 Å². The summed E-state index contributed by atoms with van der Waals surface area (Å²) in [6.07, 6.45) is 22.6. The van der Waals surface area contributed by atoms with Crippen LogP contribution >= 0.6 is 0 Å². The maximum Gasteiger partial charge on any atom is 0.225 e. The van der Waals surface area contributed by atoms with Crippen molar-refractivity contribution in [1.82, 2.24) is 9.97 Å². The van der Waals surface area contributed by atoms with Crippen molar-refractivity contribution in [3.8, 4) is 5.75 Å². The van der Waals surface area contributed by atoms with E-state index in [0.717, 1.165) is 49.0 Å². The Labute approximate surface area is 193 Å². The fourth-order valence-electron chi connectivity index (χ4n) is 3.97. The molecule has 1 aromatic rings. The van der Waals surface area contributed by atoms with E-state index in [1.54, 1.807) is 0 Å². The number of aryl methyl sites for hydroxylation is 2. The fourth-order valence-corrected chi connectivity index (χ4v) is 3.97. The van der Waals surface area contributed by atoms with E-state index in [2.05, 4.69) is 18.8 Å². The fraction of sp³-hybridized carbons (Fsp3) is 0.852. The number of hydrogen-bond donors (Lipinski definition) is 0. The van der Waals surface area contributed by atoms with Crippen LogP contribution in [-0.4, -0.2) is 30.7 Å². The van der Waals surface area contributed by atoms with E-state index in [1.807, 2.05) is 25.9 Å². The standard InChI is InChI=1S/C27H51N3O/c1-6-8-10-11-12-13-14-15-16-17-18-19-20-21-22-25-26(31-23-9-7-2)24(3)28-27(29-25)30(4)5/h6-23H2,1-5H3. The first-order chi connectivity index (χ1) is 15.1. The van der Waals surface area contributed by atoms with Crippen molar-refractivity contribution in [3.05, 3.63) is 11.4 Å².